The van der Waals surface area contributed by atoms with Crippen molar-refractivity contribution < 1.29 is 17.9 Å². The first-order chi connectivity index (χ1) is 18.8. The predicted molar refractivity (Wildman–Crippen MR) is 150 cm³/mol. The lowest BCUT2D eigenvalue weighted by Gasteiger charge is -2.22. The van der Waals surface area contributed by atoms with Gasteiger partial charge in [0.2, 0.25) is 21.8 Å². The maximum absolute atomic E-state index is 11.6. The molecule has 3 aromatic carbocycles. The Morgan fingerprint density at radius 1 is 1.15 bits per heavy atom. The molecular weight excluding hydrogens is 558 g/mol. The Bertz CT molecular complexity index is 1740. The summed E-state index contributed by atoms with van der Waals surface area (Å²) >= 11 is 7.59. The van der Waals surface area contributed by atoms with Crippen molar-refractivity contribution in [3.63, 3.8) is 0 Å². The van der Waals surface area contributed by atoms with Gasteiger partial charge in [-0.2, -0.15) is 10.2 Å². The molecule has 9 nitrogen and oxygen atoms in total. The summed E-state index contributed by atoms with van der Waals surface area (Å²) in [6.07, 6.45) is 1.55. The lowest BCUT2D eigenvalue weighted by atomic mass is 9.89. The highest BCUT2D eigenvalue weighted by Crippen LogP contribution is 2.48. The lowest BCUT2D eigenvalue weighted by molar-refractivity contribution is 0.384. The summed E-state index contributed by atoms with van der Waals surface area (Å²) in [5, 5.41) is 19.5. The van der Waals surface area contributed by atoms with Crippen molar-refractivity contribution in [2.75, 3.05) is 12.4 Å². The number of primary sulfonamides is 1. The van der Waals surface area contributed by atoms with E-state index in [4.69, 9.17) is 26.2 Å². The van der Waals surface area contributed by atoms with Crippen LogP contribution in [-0.2, 0) is 10.0 Å². The third-order valence-corrected chi connectivity index (χ3v) is 8.12. The van der Waals surface area contributed by atoms with E-state index in [2.05, 4.69) is 21.4 Å². The van der Waals surface area contributed by atoms with Crippen LogP contribution in [0.25, 0.3) is 0 Å². The molecule has 1 atom stereocenters. The zero-order valence-corrected chi connectivity index (χ0v) is 22.7. The van der Waals surface area contributed by atoms with Crippen LogP contribution in [0.4, 0.5) is 10.8 Å². The van der Waals surface area contributed by atoms with Crippen molar-refractivity contribution in [3.8, 4) is 17.7 Å². The van der Waals surface area contributed by atoms with Gasteiger partial charge in [-0.25, -0.2) is 18.5 Å². The highest BCUT2D eigenvalue weighted by molar-refractivity contribution is 7.89. The normalized spacial score (nSPS) is 15.0. The molecule has 0 radical (unpaired) electrons. The SMILES string of the molecule is COc1ccc(C2C(C#N)=C(/N=C/c3ccccc3Cl)Oc3nc(Nc4ccc(S(N)(=O)=O)cc4)sc32)cc1. The average molecular weight is 578 g/mol. The van der Waals surface area contributed by atoms with E-state index in [1.54, 1.807) is 37.6 Å². The Hall–Kier alpha value is -4.21. The van der Waals surface area contributed by atoms with Gasteiger partial charge in [-0.05, 0) is 48.0 Å². The van der Waals surface area contributed by atoms with E-state index in [1.807, 2.05) is 36.4 Å². The summed E-state index contributed by atoms with van der Waals surface area (Å²) < 4.78 is 34.5. The monoisotopic (exact) mass is 577 g/mol. The first-order valence-corrected chi connectivity index (χ1v) is 14.2. The van der Waals surface area contributed by atoms with Crippen LogP contribution in [0.2, 0.25) is 5.02 Å². The number of fused-ring (bicyclic) bond motifs is 1. The number of anilines is 2. The molecule has 0 amide bonds. The summed E-state index contributed by atoms with van der Waals surface area (Å²) in [5.74, 6) is 0.593. The van der Waals surface area contributed by atoms with Gasteiger partial charge in [-0.1, -0.05) is 53.3 Å². The first-order valence-electron chi connectivity index (χ1n) is 11.4. The maximum atomic E-state index is 11.6. The minimum absolute atomic E-state index is 0.00160. The van der Waals surface area contributed by atoms with Crippen LogP contribution in [0.3, 0.4) is 0 Å². The second-order valence-corrected chi connectivity index (χ2v) is 11.3. The number of ether oxygens (including phenoxy) is 2. The number of thiazole rings is 1. The number of sulfonamides is 1. The van der Waals surface area contributed by atoms with E-state index in [0.29, 0.717) is 43.5 Å². The number of aromatic nitrogens is 1. The van der Waals surface area contributed by atoms with Crippen LogP contribution in [0, 0.1) is 11.3 Å². The molecule has 2 heterocycles. The number of nitrogens with one attached hydrogen (secondary N) is 1. The fraction of sp³-hybridized carbons (Fsp3) is 0.0741. The maximum Gasteiger partial charge on any atom is 0.238 e. The first kappa shape index (κ1) is 26.4. The summed E-state index contributed by atoms with van der Waals surface area (Å²) in [6, 6.07) is 22.8. The third-order valence-electron chi connectivity index (χ3n) is 5.82. The highest BCUT2D eigenvalue weighted by Gasteiger charge is 2.35. The molecule has 0 fully saturated rings. The topological polar surface area (TPSA) is 140 Å². The molecule has 0 bridgehead atoms. The number of methoxy groups -OCH3 is 1. The van der Waals surface area contributed by atoms with Crippen molar-refractivity contribution in [2.24, 2.45) is 10.1 Å². The highest BCUT2D eigenvalue weighted by atomic mass is 35.5. The molecule has 0 aliphatic carbocycles. The number of hydrogen-bond donors (Lipinski definition) is 2. The fourth-order valence-electron chi connectivity index (χ4n) is 3.91. The van der Waals surface area contributed by atoms with Gasteiger partial charge in [0.15, 0.2) is 5.13 Å². The van der Waals surface area contributed by atoms with Gasteiger partial charge in [-0.15, -0.1) is 0 Å². The van der Waals surface area contributed by atoms with E-state index < -0.39 is 15.9 Å². The van der Waals surface area contributed by atoms with Gasteiger partial charge in [0.25, 0.3) is 0 Å². The average Bonchev–Trinajstić information content (AvgIpc) is 3.33. The van der Waals surface area contributed by atoms with Gasteiger partial charge in [0, 0.05) is 22.5 Å². The number of aliphatic imine (C=N–C) groups is 1. The molecule has 0 saturated heterocycles. The molecule has 39 heavy (non-hydrogen) atoms. The molecule has 0 saturated carbocycles. The molecular formula is C27H20ClN5O4S2. The van der Waals surface area contributed by atoms with Gasteiger partial charge in [0.05, 0.1) is 22.8 Å². The van der Waals surface area contributed by atoms with Crippen molar-refractivity contribution >= 4 is 50.0 Å². The lowest BCUT2D eigenvalue weighted by Crippen LogP contribution is -2.14. The van der Waals surface area contributed by atoms with Crippen LogP contribution in [0.1, 0.15) is 21.9 Å². The molecule has 1 unspecified atom stereocenters. The number of nitriles is 1. The van der Waals surface area contributed by atoms with E-state index in [9.17, 15) is 13.7 Å². The van der Waals surface area contributed by atoms with E-state index in [-0.39, 0.29) is 10.8 Å². The van der Waals surface area contributed by atoms with Gasteiger partial charge in [-0.3, -0.25) is 0 Å². The molecule has 12 heteroatoms. The Kier molecular flexibility index (Phi) is 7.36. The third kappa shape index (κ3) is 5.64. The zero-order valence-electron chi connectivity index (χ0n) is 20.3. The molecule has 4 aromatic rings. The van der Waals surface area contributed by atoms with E-state index >= 15 is 0 Å². The van der Waals surface area contributed by atoms with Crippen LogP contribution in [0.15, 0.2) is 94.1 Å². The van der Waals surface area contributed by atoms with Crippen molar-refractivity contribution in [3.05, 3.63) is 105 Å². The van der Waals surface area contributed by atoms with Crippen molar-refractivity contribution in [1.82, 2.24) is 4.98 Å². The molecule has 196 valence electrons. The number of allylic oxidation sites excluding steroid dienone is 1. The van der Waals surface area contributed by atoms with Crippen LogP contribution < -0.4 is 19.9 Å². The summed E-state index contributed by atoms with van der Waals surface area (Å²) in [4.78, 5) is 9.77. The quantitative estimate of drug-likeness (QED) is 0.273. The predicted octanol–water partition coefficient (Wildman–Crippen LogP) is 5.57. The summed E-state index contributed by atoms with van der Waals surface area (Å²) in [7, 11) is -2.23. The zero-order chi connectivity index (χ0) is 27.6. The molecule has 1 aliphatic rings. The Balaban J connectivity index is 1.54. The second-order valence-electron chi connectivity index (χ2n) is 8.30. The standard InChI is InChI=1S/C27H20ClN5O4S2/c1-36-19-10-6-16(7-11-19)23-21(14-29)25(31-15-17-4-2-3-5-22(17)28)37-26-24(23)38-27(33-26)32-18-8-12-20(13-9-18)39(30,34)35/h2-13,15,23H,1H3,(H,32,33)(H2,30,34,35)/b31-15+. The number of nitrogens with zero attached hydrogens (tertiary/aromatic N) is 3. The Morgan fingerprint density at radius 2 is 1.87 bits per heavy atom. The van der Waals surface area contributed by atoms with Gasteiger partial charge in [0.1, 0.15) is 17.4 Å². The fourth-order valence-corrected chi connectivity index (χ4v) is 5.66. The molecule has 1 aromatic heterocycles. The minimum Gasteiger partial charge on any atom is -0.497 e. The number of nitrogens with two attached hydrogens (primary N) is 1. The minimum atomic E-state index is -3.81. The van der Waals surface area contributed by atoms with Gasteiger partial charge < -0.3 is 14.8 Å². The van der Waals surface area contributed by atoms with Crippen molar-refractivity contribution in [1.29, 1.82) is 5.26 Å². The van der Waals surface area contributed by atoms with Crippen LogP contribution >= 0.6 is 22.9 Å². The molecule has 0 spiro atoms. The summed E-state index contributed by atoms with van der Waals surface area (Å²) in [6.45, 7) is 0. The molecule has 3 N–H and O–H groups in total. The van der Waals surface area contributed by atoms with Gasteiger partial charge >= 0.3 is 0 Å². The molecule has 1 aliphatic heterocycles. The van der Waals surface area contributed by atoms with Crippen LogP contribution in [-0.4, -0.2) is 26.7 Å². The largest absolute Gasteiger partial charge is 0.497 e. The number of rotatable bonds is 7. The van der Waals surface area contributed by atoms with E-state index in [1.165, 1.54) is 23.5 Å². The summed E-state index contributed by atoms with van der Waals surface area (Å²) in [5.41, 5.74) is 2.40. The van der Waals surface area contributed by atoms with Crippen LogP contribution in [0.5, 0.6) is 11.6 Å². The Morgan fingerprint density at radius 3 is 2.51 bits per heavy atom. The molecule has 5 rings (SSSR count). The number of hydrogen-bond acceptors (Lipinski definition) is 9. The number of benzene rings is 3. The second kappa shape index (κ2) is 10.9. The number of halogens is 1. The van der Waals surface area contributed by atoms with Crippen molar-refractivity contribution in [2.45, 2.75) is 10.8 Å². The Labute approximate surface area is 233 Å². The smallest absolute Gasteiger partial charge is 0.238 e. The van der Waals surface area contributed by atoms with E-state index in [0.717, 1.165) is 5.56 Å².